The van der Waals surface area contributed by atoms with Crippen molar-refractivity contribution < 1.29 is 9.72 Å². The minimum Gasteiger partial charge on any atom is -0.273 e. The van der Waals surface area contributed by atoms with Crippen molar-refractivity contribution in [3.8, 4) is 0 Å². The van der Waals surface area contributed by atoms with E-state index in [1.165, 1.54) is 12.1 Å². The summed E-state index contributed by atoms with van der Waals surface area (Å²) < 4.78 is 0. The molecule has 1 amide bonds. The summed E-state index contributed by atoms with van der Waals surface area (Å²) in [5.41, 5.74) is 1.56. The number of hydrazone groups is 1. The summed E-state index contributed by atoms with van der Waals surface area (Å²) in [6.07, 6.45) is 0.727. The number of rotatable bonds is 3. The maximum absolute atomic E-state index is 12.2. The molecular weight excluding hydrogens is 318 g/mol. The quantitative estimate of drug-likeness (QED) is 0.635. The van der Waals surface area contributed by atoms with Crippen LogP contribution < -0.4 is 5.01 Å². The summed E-state index contributed by atoms with van der Waals surface area (Å²) in [6.45, 7) is 0. The van der Waals surface area contributed by atoms with E-state index in [2.05, 4.69) is 5.10 Å². The summed E-state index contributed by atoms with van der Waals surface area (Å²) in [5.74, 6) is -0.267. The van der Waals surface area contributed by atoms with Gasteiger partial charge in [-0.2, -0.15) is 10.1 Å². The summed E-state index contributed by atoms with van der Waals surface area (Å²) in [4.78, 5) is 22.8. The summed E-state index contributed by atoms with van der Waals surface area (Å²) >= 11 is 5.87. The van der Waals surface area contributed by atoms with E-state index < -0.39 is 4.92 Å². The molecule has 3 rings (SSSR count). The number of para-hydroxylation sites is 2. The van der Waals surface area contributed by atoms with Crippen LogP contribution in [0.15, 0.2) is 53.6 Å². The Bertz CT molecular complexity index is 802. The van der Waals surface area contributed by atoms with Crippen molar-refractivity contribution in [2.75, 3.05) is 5.01 Å². The van der Waals surface area contributed by atoms with Crippen LogP contribution in [-0.4, -0.2) is 16.5 Å². The maximum atomic E-state index is 12.2. The number of carbonyl (C=O) groups excluding carboxylic acids is 1. The van der Waals surface area contributed by atoms with Gasteiger partial charge in [0.1, 0.15) is 5.69 Å². The van der Waals surface area contributed by atoms with Crippen molar-refractivity contribution in [2.24, 2.45) is 5.10 Å². The average molecular weight is 330 g/mol. The van der Waals surface area contributed by atoms with E-state index in [4.69, 9.17) is 11.6 Å². The third-order valence-electron chi connectivity index (χ3n) is 3.52. The Balaban J connectivity index is 2.04. The topological polar surface area (TPSA) is 75.8 Å². The molecular formula is C16H12ClN3O3. The van der Waals surface area contributed by atoms with E-state index >= 15 is 0 Å². The number of nitro benzene ring substituents is 1. The minimum atomic E-state index is -0.519. The highest BCUT2D eigenvalue weighted by Crippen LogP contribution is 2.31. The number of anilines is 1. The van der Waals surface area contributed by atoms with Gasteiger partial charge < -0.3 is 0 Å². The van der Waals surface area contributed by atoms with Crippen molar-refractivity contribution in [1.29, 1.82) is 0 Å². The van der Waals surface area contributed by atoms with E-state index in [0.29, 0.717) is 17.2 Å². The molecule has 1 aliphatic heterocycles. The molecule has 1 heterocycles. The Kier molecular flexibility index (Phi) is 4.08. The highest BCUT2D eigenvalue weighted by atomic mass is 35.5. The van der Waals surface area contributed by atoms with Gasteiger partial charge in [0.2, 0.25) is 5.91 Å². The molecule has 1 aliphatic rings. The average Bonchev–Trinajstić information content (AvgIpc) is 2.56. The van der Waals surface area contributed by atoms with E-state index in [-0.39, 0.29) is 23.7 Å². The lowest BCUT2D eigenvalue weighted by molar-refractivity contribution is -0.384. The molecule has 6 nitrogen and oxygen atoms in total. The smallest absolute Gasteiger partial charge is 0.273 e. The van der Waals surface area contributed by atoms with Crippen LogP contribution in [-0.2, 0) is 4.79 Å². The fourth-order valence-electron chi connectivity index (χ4n) is 2.39. The van der Waals surface area contributed by atoms with Gasteiger partial charge in [-0.15, -0.1) is 0 Å². The second-order valence-electron chi connectivity index (χ2n) is 5.00. The lowest BCUT2D eigenvalue weighted by Crippen LogP contribution is -2.32. The fourth-order valence-corrected chi connectivity index (χ4v) is 2.51. The molecule has 2 aromatic carbocycles. The number of nitrogens with zero attached hydrogens (tertiary/aromatic N) is 3. The molecule has 2 aromatic rings. The Morgan fingerprint density at radius 3 is 2.48 bits per heavy atom. The number of carbonyl (C=O) groups is 1. The second kappa shape index (κ2) is 6.18. The molecule has 0 fully saturated rings. The Labute approximate surface area is 137 Å². The molecule has 0 spiro atoms. The normalized spacial score (nSPS) is 14.6. The summed E-state index contributed by atoms with van der Waals surface area (Å²) in [6, 6.07) is 13.2. The standard InChI is InChI=1S/C16H12ClN3O3/c17-12-7-5-11(6-8-12)13-9-10-16(21)19(18-13)14-3-1-2-4-15(14)20(22)23/h1-8H,9-10H2. The number of hydrogen-bond acceptors (Lipinski definition) is 4. The summed E-state index contributed by atoms with van der Waals surface area (Å²) in [5, 5.41) is 17.2. The molecule has 0 atom stereocenters. The van der Waals surface area contributed by atoms with Crippen molar-refractivity contribution in [2.45, 2.75) is 12.8 Å². The first-order valence-electron chi connectivity index (χ1n) is 6.96. The zero-order valence-corrected chi connectivity index (χ0v) is 12.7. The summed E-state index contributed by atoms with van der Waals surface area (Å²) in [7, 11) is 0. The highest BCUT2D eigenvalue weighted by molar-refractivity contribution is 6.30. The van der Waals surface area contributed by atoms with Gasteiger partial charge in [-0.25, -0.2) is 0 Å². The van der Waals surface area contributed by atoms with Gasteiger partial charge in [0.25, 0.3) is 5.69 Å². The van der Waals surface area contributed by atoms with Gasteiger partial charge in [0, 0.05) is 23.9 Å². The molecule has 7 heteroatoms. The predicted molar refractivity (Wildman–Crippen MR) is 87.8 cm³/mol. The molecule has 0 N–H and O–H groups in total. The van der Waals surface area contributed by atoms with Gasteiger partial charge in [-0.05, 0) is 23.8 Å². The largest absolute Gasteiger partial charge is 0.295 e. The number of halogens is 1. The van der Waals surface area contributed by atoms with Gasteiger partial charge in [-0.3, -0.25) is 14.9 Å². The fraction of sp³-hybridized carbons (Fsp3) is 0.125. The number of amides is 1. The molecule has 0 radical (unpaired) electrons. The lowest BCUT2D eigenvalue weighted by Gasteiger charge is -2.23. The molecule has 0 saturated heterocycles. The molecule has 0 aromatic heterocycles. The zero-order valence-electron chi connectivity index (χ0n) is 12.0. The van der Waals surface area contributed by atoms with Crippen LogP contribution in [0.2, 0.25) is 5.02 Å². The van der Waals surface area contributed by atoms with Crippen molar-refractivity contribution in [3.63, 3.8) is 0 Å². The van der Waals surface area contributed by atoms with Crippen LogP contribution in [0, 0.1) is 10.1 Å². The van der Waals surface area contributed by atoms with E-state index in [1.54, 1.807) is 24.3 Å². The van der Waals surface area contributed by atoms with E-state index in [1.807, 2.05) is 12.1 Å². The minimum absolute atomic E-state index is 0.151. The van der Waals surface area contributed by atoms with Crippen LogP contribution in [0.1, 0.15) is 18.4 Å². The zero-order chi connectivity index (χ0) is 16.4. The molecule has 0 bridgehead atoms. The second-order valence-corrected chi connectivity index (χ2v) is 5.44. The predicted octanol–water partition coefficient (Wildman–Crippen LogP) is 3.78. The molecule has 0 aliphatic carbocycles. The highest BCUT2D eigenvalue weighted by Gasteiger charge is 2.27. The number of benzene rings is 2. The van der Waals surface area contributed by atoms with Crippen LogP contribution in [0.5, 0.6) is 0 Å². The SMILES string of the molecule is O=C1CCC(c2ccc(Cl)cc2)=NN1c1ccccc1[N+](=O)[O-]. The van der Waals surface area contributed by atoms with Crippen molar-refractivity contribution >= 4 is 34.6 Å². The third-order valence-corrected chi connectivity index (χ3v) is 3.77. The first kappa shape index (κ1) is 15.2. The molecule has 0 saturated carbocycles. The number of nitro groups is 1. The van der Waals surface area contributed by atoms with Crippen molar-refractivity contribution in [1.82, 2.24) is 0 Å². The van der Waals surface area contributed by atoms with Crippen LogP contribution >= 0.6 is 11.6 Å². The first-order valence-corrected chi connectivity index (χ1v) is 7.34. The van der Waals surface area contributed by atoms with Crippen LogP contribution in [0.4, 0.5) is 11.4 Å². The van der Waals surface area contributed by atoms with Crippen molar-refractivity contribution in [3.05, 3.63) is 69.2 Å². The molecule has 0 unspecified atom stereocenters. The third kappa shape index (κ3) is 3.07. The Morgan fingerprint density at radius 2 is 1.78 bits per heavy atom. The van der Waals surface area contributed by atoms with Gasteiger partial charge in [0.05, 0.1) is 10.6 Å². The Hall–Kier alpha value is -2.73. The molecule has 23 heavy (non-hydrogen) atoms. The van der Waals surface area contributed by atoms with Gasteiger partial charge in [-0.1, -0.05) is 35.9 Å². The van der Waals surface area contributed by atoms with Crippen LogP contribution in [0.3, 0.4) is 0 Å². The van der Waals surface area contributed by atoms with Gasteiger partial charge >= 0.3 is 0 Å². The first-order chi connectivity index (χ1) is 11.1. The van der Waals surface area contributed by atoms with E-state index in [9.17, 15) is 14.9 Å². The van der Waals surface area contributed by atoms with Gasteiger partial charge in [0.15, 0.2) is 0 Å². The monoisotopic (exact) mass is 329 g/mol. The number of hydrogen-bond donors (Lipinski definition) is 0. The maximum Gasteiger partial charge on any atom is 0.295 e. The Morgan fingerprint density at radius 1 is 1.09 bits per heavy atom. The molecule has 116 valence electrons. The van der Waals surface area contributed by atoms with E-state index in [0.717, 1.165) is 10.6 Å². The lowest BCUT2D eigenvalue weighted by atomic mass is 10.0. The van der Waals surface area contributed by atoms with Crippen LogP contribution in [0.25, 0.3) is 0 Å².